The van der Waals surface area contributed by atoms with Crippen LogP contribution in [0.3, 0.4) is 0 Å². The summed E-state index contributed by atoms with van der Waals surface area (Å²) in [5.74, 6) is -0.0242. The lowest BCUT2D eigenvalue weighted by Crippen LogP contribution is -2.27. The van der Waals surface area contributed by atoms with E-state index in [1.807, 2.05) is 20.9 Å². The minimum Gasteiger partial charge on any atom is -0.352 e. The summed E-state index contributed by atoms with van der Waals surface area (Å²) in [6.45, 7) is 6.59. The van der Waals surface area contributed by atoms with E-state index in [1.54, 1.807) is 4.68 Å². The monoisotopic (exact) mass is 301 g/mol. The number of aryl methyl sites for hydroxylation is 2. The number of nitrogens with zero attached hydrogens (tertiary/aromatic N) is 2. The van der Waals surface area contributed by atoms with Gasteiger partial charge in [-0.05, 0) is 26.7 Å². The van der Waals surface area contributed by atoms with Gasteiger partial charge < -0.3 is 5.32 Å². The maximum absolute atomic E-state index is 12.0. The molecule has 96 valence electrons. The molecule has 1 unspecified atom stereocenters. The Balaban J connectivity index is 2.58. The zero-order valence-corrected chi connectivity index (χ0v) is 12.5. The quantitative estimate of drug-likeness (QED) is 0.849. The van der Waals surface area contributed by atoms with E-state index in [2.05, 4.69) is 33.3 Å². The van der Waals surface area contributed by atoms with Gasteiger partial charge in [0.2, 0.25) is 0 Å². The molecule has 1 aromatic heterocycles. The second-order valence-corrected chi connectivity index (χ2v) is 5.51. The molecule has 0 radical (unpaired) electrons. The Morgan fingerprint density at radius 1 is 1.53 bits per heavy atom. The van der Waals surface area contributed by atoms with E-state index in [1.165, 1.54) is 0 Å². The maximum Gasteiger partial charge on any atom is 0.255 e. The second kappa shape index (κ2) is 6.19. The highest BCUT2D eigenvalue weighted by atomic mass is 79.9. The molecule has 0 aliphatic carbocycles. The van der Waals surface area contributed by atoms with Crippen LogP contribution in [0.15, 0.2) is 0 Å². The highest BCUT2D eigenvalue weighted by Crippen LogP contribution is 2.12. The number of alkyl halides is 1. The van der Waals surface area contributed by atoms with Crippen LogP contribution in [0.4, 0.5) is 0 Å². The van der Waals surface area contributed by atoms with Gasteiger partial charge in [-0.25, -0.2) is 0 Å². The molecule has 1 heterocycles. The van der Waals surface area contributed by atoms with Gasteiger partial charge in [0.25, 0.3) is 5.91 Å². The molecule has 5 heteroatoms. The van der Waals surface area contributed by atoms with E-state index in [0.717, 1.165) is 24.2 Å². The fourth-order valence-electron chi connectivity index (χ4n) is 1.74. The smallest absolute Gasteiger partial charge is 0.255 e. The van der Waals surface area contributed by atoms with E-state index in [4.69, 9.17) is 0 Å². The van der Waals surface area contributed by atoms with Gasteiger partial charge >= 0.3 is 0 Å². The SMILES string of the molecule is CCC(Br)CCNC(=O)c1c(C)nn(C)c1C. The number of carbonyl (C=O) groups excluding carboxylic acids is 1. The largest absolute Gasteiger partial charge is 0.352 e. The first-order valence-corrected chi connectivity index (χ1v) is 6.81. The van der Waals surface area contributed by atoms with Crippen molar-refractivity contribution in [1.29, 1.82) is 0 Å². The zero-order valence-electron chi connectivity index (χ0n) is 10.9. The number of hydrogen-bond donors (Lipinski definition) is 1. The van der Waals surface area contributed by atoms with Gasteiger partial charge in [-0.1, -0.05) is 22.9 Å². The van der Waals surface area contributed by atoms with Gasteiger partial charge in [0.05, 0.1) is 11.3 Å². The van der Waals surface area contributed by atoms with Crippen molar-refractivity contribution in [2.24, 2.45) is 7.05 Å². The first-order valence-electron chi connectivity index (χ1n) is 5.89. The fraction of sp³-hybridized carbons (Fsp3) is 0.667. The van der Waals surface area contributed by atoms with Crippen molar-refractivity contribution >= 4 is 21.8 Å². The van der Waals surface area contributed by atoms with Gasteiger partial charge in [0, 0.05) is 24.1 Å². The molecule has 0 saturated heterocycles. The summed E-state index contributed by atoms with van der Waals surface area (Å²) in [6, 6.07) is 0. The third-order valence-electron chi connectivity index (χ3n) is 2.92. The molecule has 1 rings (SSSR count). The van der Waals surface area contributed by atoms with E-state index in [-0.39, 0.29) is 5.91 Å². The van der Waals surface area contributed by atoms with Crippen LogP contribution < -0.4 is 5.32 Å². The Morgan fingerprint density at radius 2 is 2.18 bits per heavy atom. The predicted octanol–water partition coefficient (Wildman–Crippen LogP) is 2.33. The lowest BCUT2D eigenvalue weighted by atomic mass is 10.2. The Kier molecular flexibility index (Phi) is 5.18. The first kappa shape index (κ1) is 14.2. The van der Waals surface area contributed by atoms with Crippen molar-refractivity contribution in [3.8, 4) is 0 Å². The molecular formula is C12H20BrN3O. The van der Waals surface area contributed by atoms with Crippen LogP contribution in [-0.4, -0.2) is 27.1 Å². The Hall–Kier alpha value is -0.840. The van der Waals surface area contributed by atoms with Gasteiger partial charge in [0.15, 0.2) is 0 Å². The summed E-state index contributed by atoms with van der Waals surface area (Å²) >= 11 is 3.55. The molecule has 0 aromatic carbocycles. The molecule has 1 aromatic rings. The lowest BCUT2D eigenvalue weighted by Gasteiger charge is -2.08. The minimum atomic E-state index is -0.0242. The molecule has 1 N–H and O–H groups in total. The molecule has 0 bridgehead atoms. The molecule has 0 aliphatic heterocycles. The van der Waals surface area contributed by atoms with Crippen LogP contribution in [0.1, 0.15) is 41.5 Å². The molecule has 0 saturated carbocycles. The molecule has 17 heavy (non-hydrogen) atoms. The molecule has 1 atom stereocenters. The van der Waals surface area contributed by atoms with Crippen LogP contribution in [0.25, 0.3) is 0 Å². The number of amides is 1. The van der Waals surface area contributed by atoms with Gasteiger partial charge in [-0.2, -0.15) is 5.10 Å². The van der Waals surface area contributed by atoms with Crippen molar-refractivity contribution in [1.82, 2.24) is 15.1 Å². The van der Waals surface area contributed by atoms with Crippen LogP contribution in [0.2, 0.25) is 0 Å². The van der Waals surface area contributed by atoms with Crippen LogP contribution in [0, 0.1) is 13.8 Å². The Labute approximate surface area is 111 Å². The molecule has 0 aliphatic rings. The summed E-state index contributed by atoms with van der Waals surface area (Å²) in [5, 5.41) is 7.17. The third kappa shape index (κ3) is 3.56. The topological polar surface area (TPSA) is 46.9 Å². The third-order valence-corrected chi connectivity index (χ3v) is 4.03. The first-order chi connectivity index (χ1) is 7.97. The number of hydrogen-bond acceptors (Lipinski definition) is 2. The van der Waals surface area contributed by atoms with Gasteiger partial charge in [0.1, 0.15) is 0 Å². The van der Waals surface area contributed by atoms with Gasteiger partial charge in [-0.3, -0.25) is 9.48 Å². The number of carbonyl (C=O) groups is 1. The molecule has 0 spiro atoms. The Morgan fingerprint density at radius 3 is 2.65 bits per heavy atom. The number of nitrogens with one attached hydrogen (secondary N) is 1. The summed E-state index contributed by atoms with van der Waals surface area (Å²) in [7, 11) is 1.85. The predicted molar refractivity (Wildman–Crippen MR) is 72.6 cm³/mol. The average Bonchev–Trinajstić information content (AvgIpc) is 2.52. The number of aromatic nitrogens is 2. The van der Waals surface area contributed by atoms with E-state index in [0.29, 0.717) is 16.9 Å². The standard InChI is InChI=1S/C12H20BrN3O/c1-5-10(13)6-7-14-12(17)11-8(2)15-16(4)9(11)3/h10H,5-7H2,1-4H3,(H,14,17). The number of rotatable bonds is 5. The van der Waals surface area contributed by atoms with E-state index in [9.17, 15) is 4.79 Å². The van der Waals surface area contributed by atoms with Crippen molar-refractivity contribution in [2.75, 3.05) is 6.54 Å². The Bertz CT molecular complexity index is 401. The summed E-state index contributed by atoms with van der Waals surface area (Å²) in [4.78, 5) is 12.5. The molecule has 1 amide bonds. The van der Waals surface area contributed by atoms with Crippen LogP contribution >= 0.6 is 15.9 Å². The average molecular weight is 302 g/mol. The van der Waals surface area contributed by atoms with Crippen molar-refractivity contribution in [3.05, 3.63) is 17.0 Å². The summed E-state index contributed by atoms with van der Waals surface area (Å²) in [6.07, 6.45) is 2.02. The highest BCUT2D eigenvalue weighted by molar-refractivity contribution is 9.09. The highest BCUT2D eigenvalue weighted by Gasteiger charge is 2.16. The van der Waals surface area contributed by atoms with Crippen molar-refractivity contribution in [3.63, 3.8) is 0 Å². The van der Waals surface area contributed by atoms with E-state index < -0.39 is 0 Å². The molecule has 0 fully saturated rings. The summed E-state index contributed by atoms with van der Waals surface area (Å²) < 4.78 is 1.74. The molecule has 4 nitrogen and oxygen atoms in total. The van der Waals surface area contributed by atoms with Crippen molar-refractivity contribution in [2.45, 2.75) is 38.4 Å². The summed E-state index contributed by atoms with van der Waals surface area (Å²) in [5.41, 5.74) is 2.40. The normalized spacial score (nSPS) is 12.5. The van der Waals surface area contributed by atoms with Crippen LogP contribution in [0.5, 0.6) is 0 Å². The number of halogens is 1. The van der Waals surface area contributed by atoms with E-state index >= 15 is 0 Å². The fourth-order valence-corrected chi connectivity index (χ4v) is 1.97. The van der Waals surface area contributed by atoms with Crippen molar-refractivity contribution < 1.29 is 4.79 Å². The minimum absolute atomic E-state index is 0.0242. The maximum atomic E-state index is 12.0. The van der Waals surface area contributed by atoms with Gasteiger partial charge in [-0.15, -0.1) is 0 Å². The lowest BCUT2D eigenvalue weighted by molar-refractivity contribution is 0.0952. The van der Waals surface area contributed by atoms with Crippen LogP contribution in [-0.2, 0) is 7.05 Å². The zero-order chi connectivity index (χ0) is 13.0. The molecular weight excluding hydrogens is 282 g/mol. The second-order valence-electron chi connectivity index (χ2n) is 4.22.